The zero-order chi connectivity index (χ0) is 20.9. The molecule has 0 fully saturated rings. The first-order chi connectivity index (χ1) is 14.6. The molecule has 0 atom stereocenters. The number of carbonyl (C=O) groups excluding carboxylic acids is 1. The predicted octanol–water partition coefficient (Wildman–Crippen LogP) is 4.48. The molecule has 0 spiro atoms. The molecule has 0 bridgehead atoms. The molecule has 0 unspecified atom stereocenters. The van der Waals surface area contributed by atoms with E-state index in [1.54, 1.807) is 0 Å². The van der Waals surface area contributed by atoms with Crippen molar-refractivity contribution in [3.63, 3.8) is 0 Å². The van der Waals surface area contributed by atoms with Crippen LogP contribution in [0.3, 0.4) is 0 Å². The normalized spacial score (nSPS) is 10.7. The molecule has 2 aromatic heterocycles. The molecule has 2 heterocycles. The molecule has 152 valence electrons. The van der Waals surface area contributed by atoms with Gasteiger partial charge in [0.05, 0.1) is 16.8 Å². The standard InChI is InChI=1S/C22H18N2O5S/c1-2-27-15-8-9-16-20(10-15)30-22(23-16)24-21(26)18-11-17(25)19(13-29-18)28-12-14-6-4-3-5-7-14/h3-11,13H,2,12H2,1H3,(H,23,24,26). The molecule has 2 aromatic carbocycles. The van der Waals surface area contributed by atoms with Crippen molar-refractivity contribution < 1.29 is 18.7 Å². The van der Waals surface area contributed by atoms with Gasteiger partial charge in [0.1, 0.15) is 18.6 Å². The van der Waals surface area contributed by atoms with Gasteiger partial charge < -0.3 is 13.9 Å². The van der Waals surface area contributed by atoms with Crippen molar-refractivity contribution in [1.29, 1.82) is 0 Å². The summed E-state index contributed by atoms with van der Waals surface area (Å²) < 4.78 is 17.1. The number of thiazole rings is 1. The summed E-state index contributed by atoms with van der Waals surface area (Å²) in [6, 6.07) is 16.1. The molecule has 0 aliphatic carbocycles. The minimum atomic E-state index is -0.564. The number of rotatable bonds is 7. The van der Waals surface area contributed by atoms with Crippen molar-refractivity contribution in [2.24, 2.45) is 0 Å². The van der Waals surface area contributed by atoms with Crippen LogP contribution in [0.2, 0.25) is 0 Å². The number of anilines is 1. The minimum absolute atomic E-state index is 0.0406. The number of benzene rings is 2. The van der Waals surface area contributed by atoms with Gasteiger partial charge in [-0.25, -0.2) is 4.98 Å². The summed E-state index contributed by atoms with van der Waals surface area (Å²) >= 11 is 1.31. The van der Waals surface area contributed by atoms with Crippen LogP contribution in [-0.2, 0) is 6.61 Å². The molecule has 0 saturated heterocycles. The van der Waals surface area contributed by atoms with E-state index in [9.17, 15) is 9.59 Å². The minimum Gasteiger partial charge on any atom is -0.494 e. The Morgan fingerprint density at radius 3 is 2.73 bits per heavy atom. The van der Waals surface area contributed by atoms with Gasteiger partial charge in [-0.05, 0) is 30.7 Å². The summed E-state index contributed by atoms with van der Waals surface area (Å²) in [7, 11) is 0. The summed E-state index contributed by atoms with van der Waals surface area (Å²) in [4.78, 5) is 29.1. The van der Waals surface area contributed by atoms with Crippen LogP contribution in [0.5, 0.6) is 11.5 Å². The average molecular weight is 422 g/mol. The first-order valence-corrected chi connectivity index (χ1v) is 10.1. The highest BCUT2D eigenvalue weighted by atomic mass is 32.1. The Hall–Kier alpha value is -3.65. The monoisotopic (exact) mass is 422 g/mol. The molecule has 0 radical (unpaired) electrons. The number of carbonyl (C=O) groups is 1. The quantitative estimate of drug-likeness (QED) is 0.472. The zero-order valence-corrected chi connectivity index (χ0v) is 16.9. The summed E-state index contributed by atoms with van der Waals surface area (Å²) in [6.45, 7) is 2.71. The molecule has 0 saturated carbocycles. The second-order valence-corrected chi connectivity index (χ2v) is 7.31. The maximum atomic E-state index is 12.5. The van der Waals surface area contributed by atoms with Crippen LogP contribution in [0.15, 0.2) is 70.1 Å². The molecule has 1 N–H and O–H groups in total. The van der Waals surface area contributed by atoms with E-state index in [-0.39, 0.29) is 18.1 Å². The van der Waals surface area contributed by atoms with Crippen molar-refractivity contribution in [2.75, 3.05) is 11.9 Å². The maximum Gasteiger partial charge on any atom is 0.293 e. The Morgan fingerprint density at radius 2 is 1.97 bits per heavy atom. The van der Waals surface area contributed by atoms with E-state index in [1.807, 2.05) is 55.5 Å². The van der Waals surface area contributed by atoms with Gasteiger partial charge in [0.25, 0.3) is 5.91 Å². The summed E-state index contributed by atoms with van der Waals surface area (Å²) in [5.41, 5.74) is 1.22. The second kappa shape index (κ2) is 8.79. The van der Waals surface area contributed by atoms with E-state index in [0.717, 1.165) is 33.9 Å². The van der Waals surface area contributed by atoms with Crippen LogP contribution < -0.4 is 20.2 Å². The van der Waals surface area contributed by atoms with Crippen LogP contribution in [0, 0.1) is 0 Å². The number of aromatic nitrogens is 1. The number of nitrogens with zero attached hydrogens (tertiary/aromatic N) is 1. The van der Waals surface area contributed by atoms with Crippen molar-refractivity contribution in [1.82, 2.24) is 4.98 Å². The van der Waals surface area contributed by atoms with Gasteiger partial charge in [-0.15, -0.1) is 0 Å². The number of hydrogen-bond acceptors (Lipinski definition) is 7. The topological polar surface area (TPSA) is 90.7 Å². The van der Waals surface area contributed by atoms with Gasteiger partial charge >= 0.3 is 0 Å². The van der Waals surface area contributed by atoms with E-state index in [2.05, 4.69) is 10.3 Å². The summed E-state index contributed by atoms with van der Waals surface area (Å²) in [5, 5.41) is 3.06. The molecule has 0 aliphatic heterocycles. The largest absolute Gasteiger partial charge is 0.494 e. The van der Waals surface area contributed by atoms with Gasteiger partial charge in [0, 0.05) is 6.07 Å². The SMILES string of the molecule is CCOc1ccc2nc(NC(=O)c3cc(=O)c(OCc4ccccc4)co3)sc2c1. The highest BCUT2D eigenvalue weighted by Crippen LogP contribution is 2.29. The summed E-state index contributed by atoms with van der Waals surface area (Å²) in [6.07, 6.45) is 1.15. The summed E-state index contributed by atoms with van der Waals surface area (Å²) in [5.74, 6) is 0.0922. The lowest BCUT2D eigenvalue weighted by atomic mass is 10.2. The Labute approximate surface area is 175 Å². The fraction of sp³-hybridized carbons (Fsp3) is 0.136. The zero-order valence-electron chi connectivity index (χ0n) is 16.1. The number of nitrogens with one attached hydrogen (secondary N) is 1. The molecule has 0 aliphatic rings. The first-order valence-electron chi connectivity index (χ1n) is 9.26. The maximum absolute atomic E-state index is 12.5. The Morgan fingerprint density at radius 1 is 1.13 bits per heavy atom. The van der Waals surface area contributed by atoms with Crippen molar-refractivity contribution in [2.45, 2.75) is 13.5 Å². The molecular formula is C22H18N2O5S. The fourth-order valence-electron chi connectivity index (χ4n) is 2.73. The van der Waals surface area contributed by atoms with Crippen LogP contribution in [0.4, 0.5) is 5.13 Å². The molecule has 30 heavy (non-hydrogen) atoms. The van der Waals surface area contributed by atoms with Gasteiger partial charge in [-0.3, -0.25) is 14.9 Å². The molecule has 1 amide bonds. The van der Waals surface area contributed by atoms with E-state index in [1.165, 1.54) is 11.3 Å². The van der Waals surface area contributed by atoms with Crippen LogP contribution in [0.1, 0.15) is 23.0 Å². The number of fused-ring (bicyclic) bond motifs is 1. The van der Waals surface area contributed by atoms with Crippen molar-refractivity contribution in [3.8, 4) is 11.5 Å². The third kappa shape index (κ3) is 4.49. The third-order valence-electron chi connectivity index (χ3n) is 4.15. The number of hydrogen-bond donors (Lipinski definition) is 1. The molecule has 4 aromatic rings. The van der Waals surface area contributed by atoms with Gasteiger partial charge in [-0.2, -0.15) is 0 Å². The van der Waals surface area contributed by atoms with Crippen LogP contribution in [0.25, 0.3) is 10.2 Å². The van der Waals surface area contributed by atoms with E-state index in [4.69, 9.17) is 13.9 Å². The van der Waals surface area contributed by atoms with Gasteiger partial charge in [0.15, 0.2) is 10.9 Å². The van der Waals surface area contributed by atoms with Gasteiger partial charge in [-0.1, -0.05) is 41.7 Å². The van der Waals surface area contributed by atoms with E-state index in [0.29, 0.717) is 11.7 Å². The highest BCUT2D eigenvalue weighted by Gasteiger charge is 2.15. The lowest BCUT2D eigenvalue weighted by Gasteiger charge is -2.06. The Balaban J connectivity index is 1.45. The molecule has 8 heteroatoms. The molecular weight excluding hydrogens is 404 g/mol. The number of ether oxygens (including phenoxy) is 2. The van der Waals surface area contributed by atoms with E-state index < -0.39 is 11.3 Å². The molecule has 7 nitrogen and oxygen atoms in total. The average Bonchev–Trinajstić information content (AvgIpc) is 3.15. The lowest BCUT2D eigenvalue weighted by Crippen LogP contribution is -2.15. The van der Waals surface area contributed by atoms with Crippen LogP contribution in [-0.4, -0.2) is 17.5 Å². The first kappa shape index (κ1) is 19.7. The predicted molar refractivity (Wildman–Crippen MR) is 114 cm³/mol. The Bertz CT molecular complexity index is 1230. The molecule has 4 rings (SSSR count). The highest BCUT2D eigenvalue weighted by molar-refractivity contribution is 7.22. The van der Waals surface area contributed by atoms with Crippen molar-refractivity contribution >= 4 is 32.6 Å². The van der Waals surface area contributed by atoms with Gasteiger partial charge in [0.2, 0.25) is 11.2 Å². The smallest absolute Gasteiger partial charge is 0.293 e. The number of amides is 1. The van der Waals surface area contributed by atoms with Crippen molar-refractivity contribution in [3.05, 3.63) is 82.4 Å². The second-order valence-electron chi connectivity index (χ2n) is 6.28. The Kier molecular flexibility index (Phi) is 5.76. The van der Waals surface area contributed by atoms with Crippen LogP contribution >= 0.6 is 11.3 Å². The fourth-order valence-corrected chi connectivity index (χ4v) is 3.62. The van der Waals surface area contributed by atoms with E-state index >= 15 is 0 Å². The lowest BCUT2D eigenvalue weighted by molar-refractivity contribution is 0.0993. The third-order valence-corrected chi connectivity index (χ3v) is 5.08.